The summed E-state index contributed by atoms with van der Waals surface area (Å²) < 4.78 is 0. The van der Waals surface area contributed by atoms with Gasteiger partial charge >= 0.3 is 0 Å². The van der Waals surface area contributed by atoms with Gasteiger partial charge in [0.25, 0.3) is 5.91 Å². The molecule has 4 nitrogen and oxygen atoms in total. The first-order valence-electron chi connectivity index (χ1n) is 7.56. The number of carbonyl (C=O) groups is 2. The highest BCUT2D eigenvalue weighted by atomic mass is 35.5. The van der Waals surface area contributed by atoms with Gasteiger partial charge in [0.2, 0.25) is 5.91 Å². The van der Waals surface area contributed by atoms with Crippen molar-refractivity contribution in [2.45, 2.75) is 39.0 Å². The molecule has 5 heteroatoms. The Kier molecular flexibility index (Phi) is 7.39. The Morgan fingerprint density at radius 2 is 1.64 bits per heavy atom. The number of carbonyl (C=O) groups excluding carboxylic acids is 2. The van der Waals surface area contributed by atoms with Crippen molar-refractivity contribution in [2.75, 3.05) is 19.0 Å². The Labute approximate surface area is 137 Å². The first-order chi connectivity index (χ1) is 10.3. The molecule has 1 aromatic rings. The molecule has 0 aromatic heterocycles. The van der Waals surface area contributed by atoms with Gasteiger partial charge in [-0.05, 0) is 29.5 Å². The fraction of sp³-hybridized carbons (Fsp3) is 0.529. The minimum atomic E-state index is -0.129. The predicted molar refractivity (Wildman–Crippen MR) is 90.4 cm³/mol. The Hall–Kier alpha value is -1.55. The van der Waals surface area contributed by atoms with Crippen LogP contribution in [0.3, 0.4) is 0 Å². The first kappa shape index (κ1) is 18.5. The van der Waals surface area contributed by atoms with Gasteiger partial charge in [-0.3, -0.25) is 9.59 Å². The predicted octanol–water partition coefficient (Wildman–Crippen LogP) is 2.85. The van der Waals surface area contributed by atoms with E-state index in [-0.39, 0.29) is 17.2 Å². The lowest BCUT2D eigenvalue weighted by Gasteiger charge is -2.19. The van der Waals surface area contributed by atoms with Crippen molar-refractivity contribution in [1.82, 2.24) is 10.6 Å². The van der Waals surface area contributed by atoms with Crippen LogP contribution >= 0.6 is 11.6 Å². The minimum absolute atomic E-state index is 0.0376. The zero-order valence-electron chi connectivity index (χ0n) is 13.5. The van der Waals surface area contributed by atoms with Gasteiger partial charge in [0.05, 0.1) is 0 Å². The van der Waals surface area contributed by atoms with Crippen molar-refractivity contribution in [2.24, 2.45) is 0 Å². The zero-order valence-corrected chi connectivity index (χ0v) is 14.3. The molecule has 0 unspecified atom stereocenters. The van der Waals surface area contributed by atoms with Gasteiger partial charge in [-0.2, -0.15) is 0 Å². The highest BCUT2D eigenvalue weighted by Crippen LogP contribution is 2.22. The number of halogens is 1. The van der Waals surface area contributed by atoms with Gasteiger partial charge in [-0.15, -0.1) is 11.6 Å². The Morgan fingerprint density at radius 3 is 2.18 bits per heavy atom. The molecule has 122 valence electrons. The summed E-state index contributed by atoms with van der Waals surface area (Å²) in [5.41, 5.74) is 1.89. The van der Waals surface area contributed by atoms with Crippen LogP contribution in [-0.2, 0) is 10.2 Å². The van der Waals surface area contributed by atoms with Gasteiger partial charge in [-0.25, -0.2) is 0 Å². The fourth-order valence-electron chi connectivity index (χ4n) is 1.92. The lowest BCUT2D eigenvalue weighted by atomic mass is 9.87. The Morgan fingerprint density at radius 1 is 1.05 bits per heavy atom. The van der Waals surface area contributed by atoms with E-state index in [1.54, 1.807) is 0 Å². The molecule has 0 aliphatic carbocycles. The summed E-state index contributed by atoms with van der Waals surface area (Å²) in [6, 6.07) is 7.61. The lowest BCUT2D eigenvalue weighted by molar-refractivity contribution is -0.121. The van der Waals surface area contributed by atoms with E-state index in [1.807, 2.05) is 24.3 Å². The van der Waals surface area contributed by atoms with Gasteiger partial charge in [0.1, 0.15) is 0 Å². The molecule has 0 aliphatic heterocycles. The second kappa shape index (κ2) is 8.79. The quantitative estimate of drug-likeness (QED) is 0.598. The second-order valence-corrected chi connectivity index (χ2v) is 6.60. The number of hydrogen-bond donors (Lipinski definition) is 2. The van der Waals surface area contributed by atoms with Crippen LogP contribution in [0.4, 0.5) is 0 Å². The molecule has 0 atom stereocenters. The average Bonchev–Trinajstić information content (AvgIpc) is 2.48. The summed E-state index contributed by atoms with van der Waals surface area (Å²) in [5, 5.41) is 5.53. The zero-order chi connectivity index (χ0) is 16.6. The van der Waals surface area contributed by atoms with Crippen molar-refractivity contribution >= 4 is 23.4 Å². The summed E-state index contributed by atoms with van der Waals surface area (Å²) in [7, 11) is 0. The molecule has 0 radical (unpaired) electrons. The lowest BCUT2D eigenvalue weighted by Crippen LogP contribution is -2.34. The summed E-state index contributed by atoms with van der Waals surface area (Å²) in [6.45, 7) is 7.23. The summed E-state index contributed by atoms with van der Waals surface area (Å²) >= 11 is 5.52. The SMILES string of the molecule is CC(C)(C)c1ccc(C(=O)NCCNC(=O)CCCCl)cc1. The molecule has 0 aliphatic rings. The van der Waals surface area contributed by atoms with Crippen LogP contribution in [0.1, 0.15) is 49.5 Å². The summed E-state index contributed by atoms with van der Waals surface area (Å²) in [5.74, 6) is 0.314. The van der Waals surface area contributed by atoms with Crippen LogP contribution in [-0.4, -0.2) is 30.8 Å². The van der Waals surface area contributed by atoms with Crippen LogP contribution in [0.15, 0.2) is 24.3 Å². The van der Waals surface area contributed by atoms with E-state index in [4.69, 9.17) is 11.6 Å². The molecule has 0 saturated carbocycles. The second-order valence-electron chi connectivity index (χ2n) is 6.23. The van der Waals surface area contributed by atoms with E-state index in [9.17, 15) is 9.59 Å². The van der Waals surface area contributed by atoms with Crippen molar-refractivity contribution in [3.63, 3.8) is 0 Å². The molecule has 0 spiro atoms. The monoisotopic (exact) mass is 324 g/mol. The molecule has 0 bridgehead atoms. The third-order valence-electron chi connectivity index (χ3n) is 3.28. The number of alkyl halides is 1. The number of amides is 2. The van der Waals surface area contributed by atoms with Gasteiger partial charge in [0.15, 0.2) is 0 Å². The van der Waals surface area contributed by atoms with Crippen LogP contribution in [0.25, 0.3) is 0 Å². The van der Waals surface area contributed by atoms with E-state index < -0.39 is 0 Å². The molecule has 2 amide bonds. The molecule has 22 heavy (non-hydrogen) atoms. The molecular formula is C17H25ClN2O2. The maximum Gasteiger partial charge on any atom is 0.251 e. The molecule has 0 saturated heterocycles. The van der Waals surface area contributed by atoms with Crippen LogP contribution in [0, 0.1) is 0 Å². The van der Waals surface area contributed by atoms with E-state index >= 15 is 0 Å². The normalized spacial score (nSPS) is 11.1. The maximum absolute atomic E-state index is 12.0. The van der Waals surface area contributed by atoms with Crippen molar-refractivity contribution in [3.05, 3.63) is 35.4 Å². The number of rotatable bonds is 7. The molecule has 2 N–H and O–H groups in total. The summed E-state index contributed by atoms with van der Waals surface area (Å²) in [4.78, 5) is 23.3. The van der Waals surface area contributed by atoms with Crippen LogP contribution in [0.2, 0.25) is 0 Å². The van der Waals surface area contributed by atoms with E-state index in [0.717, 1.165) is 0 Å². The highest BCUT2D eigenvalue weighted by molar-refractivity contribution is 6.17. The number of hydrogen-bond acceptors (Lipinski definition) is 2. The van der Waals surface area contributed by atoms with Gasteiger partial charge in [0, 0.05) is 31.0 Å². The van der Waals surface area contributed by atoms with Gasteiger partial charge < -0.3 is 10.6 Å². The fourth-order valence-corrected chi connectivity index (χ4v) is 2.05. The van der Waals surface area contributed by atoms with E-state index in [0.29, 0.717) is 37.4 Å². The molecule has 1 rings (SSSR count). The third kappa shape index (κ3) is 6.48. The Bertz CT molecular complexity index is 492. The molecular weight excluding hydrogens is 300 g/mol. The highest BCUT2D eigenvalue weighted by Gasteiger charge is 2.14. The number of benzene rings is 1. The molecule has 0 heterocycles. The van der Waals surface area contributed by atoms with Gasteiger partial charge in [-0.1, -0.05) is 32.9 Å². The maximum atomic E-state index is 12.0. The van der Waals surface area contributed by atoms with Crippen LogP contribution in [0.5, 0.6) is 0 Å². The van der Waals surface area contributed by atoms with E-state index in [1.165, 1.54) is 5.56 Å². The summed E-state index contributed by atoms with van der Waals surface area (Å²) in [6.07, 6.45) is 1.09. The minimum Gasteiger partial charge on any atom is -0.354 e. The van der Waals surface area contributed by atoms with Crippen molar-refractivity contribution in [3.8, 4) is 0 Å². The largest absolute Gasteiger partial charge is 0.354 e. The average molecular weight is 325 g/mol. The molecule has 1 aromatic carbocycles. The van der Waals surface area contributed by atoms with E-state index in [2.05, 4.69) is 31.4 Å². The van der Waals surface area contributed by atoms with Crippen molar-refractivity contribution in [1.29, 1.82) is 0 Å². The molecule has 0 fully saturated rings. The third-order valence-corrected chi connectivity index (χ3v) is 3.55. The first-order valence-corrected chi connectivity index (χ1v) is 8.09. The topological polar surface area (TPSA) is 58.2 Å². The number of nitrogens with one attached hydrogen (secondary N) is 2. The van der Waals surface area contributed by atoms with Crippen LogP contribution < -0.4 is 10.6 Å². The van der Waals surface area contributed by atoms with Crippen molar-refractivity contribution < 1.29 is 9.59 Å². The standard InChI is InChI=1S/C17H25ClN2O2/c1-17(2,3)14-8-6-13(7-9-14)16(22)20-12-11-19-15(21)5-4-10-18/h6-9H,4-5,10-12H2,1-3H3,(H,19,21)(H,20,22). The smallest absolute Gasteiger partial charge is 0.251 e. The Balaban J connectivity index is 2.35.